The van der Waals surface area contributed by atoms with Gasteiger partial charge in [0.2, 0.25) is 5.78 Å². The summed E-state index contributed by atoms with van der Waals surface area (Å²) < 4.78 is 10.9. The summed E-state index contributed by atoms with van der Waals surface area (Å²) in [6, 6.07) is 13.4. The number of carbonyl (C=O) groups is 2. The largest absolute Gasteiger partial charge is 0.464 e. The number of para-hydroxylation sites is 1. The predicted molar refractivity (Wildman–Crippen MR) is 103 cm³/mol. The fraction of sp³-hybridized carbons (Fsp3) is 0.182. The van der Waals surface area contributed by atoms with Crippen LogP contribution in [0, 0.1) is 6.92 Å². The number of ether oxygens (including phenoxy) is 1. The van der Waals surface area contributed by atoms with Gasteiger partial charge >= 0.3 is 5.97 Å². The van der Waals surface area contributed by atoms with E-state index in [2.05, 4.69) is 4.98 Å². The standard InChI is InChI=1S/C22H19NO4/c1-13-7-8-16-15(12-26-20(16)9-13)10-21(24)27-14(2)22(25)18-11-23-19-6-4-3-5-17(18)19/h3-9,11-12,14,23H,10H2,1-2H3. The summed E-state index contributed by atoms with van der Waals surface area (Å²) in [4.78, 5) is 28.1. The van der Waals surface area contributed by atoms with Crippen molar-refractivity contribution in [2.24, 2.45) is 0 Å². The molecular weight excluding hydrogens is 342 g/mol. The van der Waals surface area contributed by atoms with Gasteiger partial charge in [-0.1, -0.05) is 30.3 Å². The van der Waals surface area contributed by atoms with Crippen molar-refractivity contribution >= 4 is 33.6 Å². The molecule has 0 fully saturated rings. The smallest absolute Gasteiger partial charge is 0.311 e. The van der Waals surface area contributed by atoms with E-state index in [0.29, 0.717) is 5.56 Å². The van der Waals surface area contributed by atoms with Crippen LogP contribution in [0.5, 0.6) is 0 Å². The number of H-pyrrole nitrogens is 1. The van der Waals surface area contributed by atoms with Gasteiger partial charge in [-0.25, -0.2) is 0 Å². The lowest BCUT2D eigenvalue weighted by Crippen LogP contribution is -2.25. The van der Waals surface area contributed by atoms with Crippen LogP contribution in [0.2, 0.25) is 0 Å². The zero-order valence-corrected chi connectivity index (χ0v) is 15.1. The van der Waals surface area contributed by atoms with Gasteiger partial charge in [-0.2, -0.15) is 0 Å². The number of Topliss-reactive ketones (excluding diaryl/α,β-unsaturated/α-hetero) is 1. The van der Waals surface area contributed by atoms with Gasteiger partial charge in [0.15, 0.2) is 6.10 Å². The molecule has 4 rings (SSSR count). The summed E-state index contributed by atoms with van der Waals surface area (Å²) in [6.07, 6.45) is 2.42. The number of esters is 1. The number of benzene rings is 2. The average molecular weight is 361 g/mol. The number of nitrogens with one attached hydrogen (secondary N) is 1. The Morgan fingerprint density at radius 3 is 2.81 bits per heavy atom. The molecule has 1 atom stereocenters. The fourth-order valence-electron chi connectivity index (χ4n) is 3.27. The molecule has 0 radical (unpaired) electrons. The second-order valence-corrected chi connectivity index (χ2v) is 6.68. The van der Waals surface area contributed by atoms with Crippen LogP contribution in [0.4, 0.5) is 0 Å². The molecule has 1 unspecified atom stereocenters. The summed E-state index contributed by atoms with van der Waals surface area (Å²) in [5.41, 5.74) is 3.97. The van der Waals surface area contributed by atoms with Gasteiger partial charge in [-0.05, 0) is 31.5 Å². The van der Waals surface area contributed by atoms with E-state index < -0.39 is 12.1 Å². The maximum absolute atomic E-state index is 12.7. The third kappa shape index (κ3) is 3.24. The number of hydrogen-bond acceptors (Lipinski definition) is 4. The second kappa shape index (κ2) is 6.76. The molecule has 2 heterocycles. The zero-order valence-electron chi connectivity index (χ0n) is 15.1. The highest BCUT2D eigenvalue weighted by molar-refractivity contribution is 6.10. The average Bonchev–Trinajstić information content (AvgIpc) is 3.25. The lowest BCUT2D eigenvalue weighted by molar-refractivity contribution is -0.145. The van der Waals surface area contributed by atoms with E-state index in [0.717, 1.165) is 33.0 Å². The molecule has 136 valence electrons. The first-order chi connectivity index (χ1) is 13.0. The van der Waals surface area contributed by atoms with Gasteiger partial charge in [0, 0.05) is 33.6 Å². The van der Waals surface area contributed by atoms with Crippen molar-refractivity contribution in [3.05, 3.63) is 71.6 Å². The van der Waals surface area contributed by atoms with Crippen LogP contribution in [-0.4, -0.2) is 22.8 Å². The van der Waals surface area contributed by atoms with Gasteiger partial charge in [-0.3, -0.25) is 9.59 Å². The van der Waals surface area contributed by atoms with Gasteiger partial charge < -0.3 is 14.1 Å². The molecule has 0 saturated heterocycles. The summed E-state index contributed by atoms with van der Waals surface area (Å²) in [6.45, 7) is 3.58. The normalized spacial score (nSPS) is 12.4. The Bertz CT molecular complexity index is 1150. The molecule has 0 amide bonds. The minimum absolute atomic E-state index is 0.0571. The molecule has 5 heteroatoms. The van der Waals surface area contributed by atoms with Crippen LogP contribution in [0.15, 0.2) is 59.3 Å². The maximum atomic E-state index is 12.7. The van der Waals surface area contributed by atoms with Crippen molar-refractivity contribution in [3.63, 3.8) is 0 Å². The van der Waals surface area contributed by atoms with Gasteiger partial charge in [0.05, 0.1) is 12.7 Å². The van der Waals surface area contributed by atoms with E-state index in [1.165, 1.54) is 0 Å². The van der Waals surface area contributed by atoms with Crippen molar-refractivity contribution in [1.29, 1.82) is 0 Å². The van der Waals surface area contributed by atoms with E-state index >= 15 is 0 Å². The van der Waals surface area contributed by atoms with Gasteiger partial charge in [-0.15, -0.1) is 0 Å². The Morgan fingerprint density at radius 2 is 1.96 bits per heavy atom. The monoisotopic (exact) mass is 361 g/mol. The highest BCUT2D eigenvalue weighted by atomic mass is 16.5. The highest BCUT2D eigenvalue weighted by Gasteiger charge is 2.23. The third-order valence-electron chi connectivity index (χ3n) is 4.68. The molecule has 0 aliphatic rings. The number of fused-ring (bicyclic) bond motifs is 2. The minimum atomic E-state index is -0.864. The first kappa shape index (κ1) is 17.1. The molecule has 4 aromatic rings. The number of ketones is 1. The van der Waals surface area contributed by atoms with Crippen molar-refractivity contribution in [1.82, 2.24) is 4.98 Å². The number of hydrogen-bond donors (Lipinski definition) is 1. The Hall–Kier alpha value is -3.34. The summed E-state index contributed by atoms with van der Waals surface area (Å²) in [5.74, 6) is -0.688. The quantitative estimate of drug-likeness (QED) is 0.417. The molecule has 0 spiro atoms. The molecule has 0 aliphatic heterocycles. The Balaban J connectivity index is 1.48. The van der Waals surface area contributed by atoms with Gasteiger partial charge in [0.1, 0.15) is 5.58 Å². The number of rotatable bonds is 5. The SMILES string of the molecule is Cc1ccc2c(CC(=O)OC(C)C(=O)c3c[nH]c4ccccc34)coc2c1. The molecule has 0 aliphatic carbocycles. The second-order valence-electron chi connectivity index (χ2n) is 6.68. The van der Waals surface area contributed by atoms with E-state index in [1.54, 1.807) is 19.4 Å². The van der Waals surface area contributed by atoms with Crippen molar-refractivity contribution in [2.75, 3.05) is 0 Å². The lowest BCUT2D eigenvalue weighted by atomic mass is 10.1. The van der Waals surface area contributed by atoms with E-state index in [4.69, 9.17) is 9.15 Å². The van der Waals surface area contributed by atoms with Crippen LogP contribution in [0.1, 0.15) is 28.4 Å². The summed E-state index contributed by atoms with van der Waals surface area (Å²) in [5, 5.41) is 1.70. The first-order valence-electron chi connectivity index (χ1n) is 8.79. The molecule has 2 aromatic carbocycles. The lowest BCUT2D eigenvalue weighted by Gasteiger charge is -2.11. The molecule has 0 bridgehead atoms. The number of furan rings is 1. The maximum Gasteiger partial charge on any atom is 0.311 e. The number of aryl methyl sites for hydroxylation is 1. The van der Waals surface area contributed by atoms with E-state index in [9.17, 15) is 9.59 Å². The number of aromatic amines is 1. The zero-order chi connectivity index (χ0) is 19.0. The number of carbonyl (C=O) groups excluding carboxylic acids is 2. The Labute approximate surface area is 155 Å². The van der Waals surface area contributed by atoms with Gasteiger partial charge in [0.25, 0.3) is 0 Å². The van der Waals surface area contributed by atoms with Crippen LogP contribution in [0.3, 0.4) is 0 Å². The molecular formula is C22H19NO4. The van der Waals surface area contributed by atoms with Crippen LogP contribution in [0.25, 0.3) is 21.9 Å². The molecule has 0 saturated carbocycles. The first-order valence-corrected chi connectivity index (χ1v) is 8.79. The van der Waals surface area contributed by atoms with Crippen molar-refractivity contribution < 1.29 is 18.7 Å². The van der Waals surface area contributed by atoms with E-state index in [1.807, 2.05) is 49.4 Å². The van der Waals surface area contributed by atoms with E-state index in [-0.39, 0.29) is 12.2 Å². The Kier molecular flexibility index (Phi) is 4.28. The molecule has 1 N–H and O–H groups in total. The fourth-order valence-corrected chi connectivity index (χ4v) is 3.27. The predicted octanol–water partition coefficient (Wildman–Crippen LogP) is 4.58. The van der Waals surface area contributed by atoms with Crippen LogP contribution < -0.4 is 0 Å². The molecule has 5 nitrogen and oxygen atoms in total. The van der Waals surface area contributed by atoms with Crippen LogP contribution in [-0.2, 0) is 16.0 Å². The minimum Gasteiger partial charge on any atom is -0.464 e. The molecule has 27 heavy (non-hydrogen) atoms. The van der Waals surface area contributed by atoms with Crippen molar-refractivity contribution in [3.8, 4) is 0 Å². The topological polar surface area (TPSA) is 72.3 Å². The number of aromatic nitrogens is 1. The van der Waals surface area contributed by atoms with Crippen molar-refractivity contribution in [2.45, 2.75) is 26.4 Å². The van der Waals surface area contributed by atoms with Crippen LogP contribution >= 0.6 is 0 Å². The summed E-state index contributed by atoms with van der Waals surface area (Å²) >= 11 is 0. The Morgan fingerprint density at radius 1 is 1.15 bits per heavy atom. The third-order valence-corrected chi connectivity index (χ3v) is 4.68. The summed E-state index contributed by atoms with van der Waals surface area (Å²) in [7, 11) is 0. The molecule has 2 aromatic heterocycles. The highest BCUT2D eigenvalue weighted by Crippen LogP contribution is 2.24.